The van der Waals surface area contributed by atoms with Gasteiger partial charge in [-0.3, -0.25) is 4.79 Å². The Kier molecular flexibility index (Phi) is 15.3. The minimum absolute atomic E-state index is 0. The maximum Gasteiger partial charge on any atom is 0.407 e. The van der Waals surface area contributed by atoms with Crippen molar-refractivity contribution >= 4 is 47.6 Å². The summed E-state index contributed by atoms with van der Waals surface area (Å²) in [5.74, 6) is 0.515. The molecule has 0 atom stereocenters. The van der Waals surface area contributed by atoms with Crippen molar-refractivity contribution in [3.05, 3.63) is 30.3 Å². The minimum Gasteiger partial charge on any atom is -0.444 e. The van der Waals surface area contributed by atoms with E-state index in [-0.39, 0.29) is 36.4 Å². The molecule has 0 bridgehead atoms. The van der Waals surface area contributed by atoms with E-state index in [0.29, 0.717) is 25.5 Å². The van der Waals surface area contributed by atoms with Crippen molar-refractivity contribution < 1.29 is 14.3 Å². The van der Waals surface area contributed by atoms with Crippen molar-refractivity contribution in [3.8, 4) is 0 Å². The van der Waals surface area contributed by atoms with Gasteiger partial charge in [0.2, 0.25) is 5.91 Å². The van der Waals surface area contributed by atoms with Gasteiger partial charge in [-0.1, -0.05) is 18.2 Å². The number of carbonyl (C=O) groups is 2. The van der Waals surface area contributed by atoms with Gasteiger partial charge >= 0.3 is 6.09 Å². The maximum atomic E-state index is 11.9. The lowest BCUT2D eigenvalue weighted by Gasteiger charge is -2.20. The third-order valence-corrected chi connectivity index (χ3v) is 4.35. The summed E-state index contributed by atoms with van der Waals surface area (Å²) in [4.78, 5) is 31.7. The highest BCUT2D eigenvalue weighted by Crippen LogP contribution is 2.10. The number of carbonyl (C=O) groups excluding carboxylic acids is 2. The fourth-order valence-electron chi connectivity index (χ4n) is 2.60. The minimum atomic E-state index is -0.514. The van der Waals surface area contributed by atoms with Crippen LogP contribution in [0.1, 0.15) is 33.6 Å². The van der Waals surface area contributed by atoms with Crippen LogP contribution in [0.2, 0.25) is 0 Å². The number of guanidine groups is 1. The van der Waals surface area contributed by atoms with Crippen LogP contribution < -0.4 is 20.9 Å². The number of nitrogens with zero attached hydrogens (tertiary/aromatic N) is 3. The van der Waals surface area contributed by atoms with Gasteiger partial charge in [-0.25, -0.2) is 9.79 Å². The predicted molar refractivity (Wildman–Crippen MR) is 146 cm³/mol. The maximum absolute atomic E-state index is 11.9. The number of benzene rings is 1. The number of amides is 2. The molecule has 0 heterocycles. The number of halogens is 1. The molecular weight excluding hydrogens is 535 g/mol. The van der Waals surface area contributed by atoms with Crippen LogP contribution in [-0.4, -0.2) is 82.3 Å². The van der Waals surface area contributed by atoms with E-state index < -0.39 is 11.7 Å². The topological polar surface area (TPSA) is 98.3 Å². The van der Waals surface area contributed by atoms with E-state index in [2.05, 4.69) is 45.0 Å². The molecule has 9 nitrogen and oxygen atoms in total. The van der Waals surface area contributed by atoms with E-state index in [9.17, 15) is 9.59 Å². The molecule has 0 saturated carbocycles. The number of para-hydroxylation sites is 1. The Morgan fingerprint density at radius 3 is 2.09 bits per heavy atom. The summed E-state index contributed by atoms with van der Waals surface area (Å²) in [6, 6.07) is 10.2. The van der Waals surface area contributed by atoms with E-state index in [1.54, 1.807) is 14.1 Å². The lowest BCUT2D eigenvalue weighted by Crippen LogP contribution is -2.41. The number of hydrogen-bond acceptors (Lipinski definition) is 5. The molecule has 1 rings (SSSR count). The Morgan fingerprint density at radius 1 is 0.939 bits per heavy atom. The van der Waals surface area contributed by atoms with Crippen LogP contribution in [-0.2, 0) is 9.53 Å². The number of aliphatic imine (C=N–C) groups is 1. The van der Waals surface area contributed by atoms with E-state index in [0.717, 1.165) is 19.5 Å². The van der Waals surface area contributed by atoms with Crippen molar-refractivity contribution in [3.63, 3.8) is 0 Å². The van der Waals surface area contributed by atoms with Gasteiger partial charge in [0, 0.05) is 53.0 Å². The van der Waals surface area contributed by atoms with Crippen LogP contribution in [0.15, 0.2) is 35.3 Å². The Hall–Kier alpha value is -2.24. The number of ether oxygens (including phenoxy) is 1. The first-order valence-corrected chi connectivity index (χ1v) is 11.0. The normalized spacial score (nSPS) is 11.2. The van der Waals surface area contributed by atoms with Crippen LogP contribution in [0.3, 0.4) is 0 Å². The van der Waals surface area contributed by atoms with E-state index >= 15 is 0 Å². The van der Waals surface area contributed by atoms with Crippen LogP contribution in [0.4, 0.5) is 10.5 Å². The average molecular weight is 577 g/mol. The molecular formula is C23H41IN6O3. The van der Waals surface area contributed by atoms with Gasteiger partial charge in [0.25, 0.3) is 0 Å². The predicted octanol–water partition coefficient (Wildman–Crippen LogP) is 2.67. The van der Waals surface area contributed by atoms with E-state index in [4.69, 9.17) is 4.74 Å². The van der Waals surface area contributed by atoms with E-state index in [1.165, 1.54) is 10.6 Å². The van der Waals surface area contributed by atoms with Crippen LogP contribution in [0.5, 0.6) is 0 Å². The number of nitrogens with one attached hydrogen (secondary N) is 3. The van der Waals surface area contributed by atoms with Gasteiger partial charge in [0.05, 0.1) is 0 Å². The van der Waals surface area contributed by atoms with Crippen molar-refractivity contribution in [2.24, 2.45) is 4.99 Å². The molecule has 0 aliphatic rings. The molecule has 0 saturated heterocycles. The Balaban J connectivity index is 0.0000102. The zero-order valence-corrected chi connectivity index (χ0v) is 23.1. The van der Waals surface area contributed by atoms with Crippen molar-refractivity contribution in [2.45, 2.75) is 39.2 Å². The summed E-state index contributed by atoms with van der Waals surface area (Å²) in [5.41, 5.74) is 0.660. The van der Waals surface area contributed by atoms with Crippen LogP contribution in [0, 0.1) is 0 Å². The molecule has 1 aromatic rings. The van der Waals surface area contributed by atoms with Gasteiger partial charge < -0.3 is 30.5 Å². The smallest absolute Gasteiger partial charge is 0.407 e. The molecule has 0 aliphatic carbocycles. The molecule has 0 spiro atoms. The van der Waals surface area contributed by atoms with Gasteiger partial charge in [0.15, 0.2) is 5.96 Å². The molecule has 33 heavy (non-hydrogen) atoms. The Labute approximate surface area is 215 Å². The third-order valence-electron chi connectivity index (χ3n) is 4.35. The Morgan fingerprint density at radius 2 is 1.52 bits per heavy atom. The van der Waals surface area contributed by atoms with E-state index in [1.807, 2.05) is 39.0 Å². The van der Waals surface area contributed by atoms with Gasteiger partial charge in [-0.2, -0.15) is 0 Å². The van der Waals surface area contributed by atoms with Crippen LogP contribution >= 0.6 is 24.0 Å². The fourth-order valence-corrected chi connectivity index (χ4v) is 2.60. The molecule has 0 aromatic heterocycles. The molecule has 2 amide bonds. The summed E-state index contributed by atoms with van der Waals surface area (Å²) in [6.45, 7) is 8.24. The summed E-state index contributed by atoms with van der Waals surface area (Å²) >= 11 is 0. The van der Waals surface area contributed by atoms with Gasteiger partial charge in [-0.15, -0.1) is 24.0 Å². The molecule has 10 heteroatoms. The summed E-state index contributed by atoms with van der Waals surface area (Å²) in [6.07, 6.45) is 1.18. The summed E-state index contributed by atoms with van der Waals surface area (Å²) in [5, 5.41) is 9.23. The first kappa shape index (κ1) is 30.8. The highest BCUT2D eigenvalue weighted by molar-refractivity contribution is 14.0. The molecule has 0 radical (unpaired) electrons. The highest BCUT2D eigenvalue weighted by atomic mass is 127. The monoisotopic (exact) mass is 576 g/mol. The highest BCUT2D eigenvalue weighted by Gasteiger charge is 2.15. The van der Waals surface area contributed by atoms with Crippen molar-refractivity contribution in [1.29, 1.82) is 0 Å². The molecule has 3 N–H and O–H groups in total. The molecule has 188 valence electrons. The van der Waals surface area contributed by atoms with Crippen LogP contribution in [0.25, 0.3) is 0 Å². The molecule has 1 aromatic carbocycles. The zero-order valence-electron chi connectivity index (χ0n) is 20.8. The second-order valence-electron chi connectivity index (χ2n) is 8.70. The third kappa shape index (κ3) is 15.3. The first-order valence-electron chi connectivity index (χ1n) is 11.0. The number of anilines is 1. The second-order valence-corrected chi connectivity index (χ2v) is 8.70. The summed E-state index contributed by atoms with van der Waals surface area (Å²) < 4.78 is 5.22. The van der Waals surface area contributed by atoms with Crippen molar-refractivity contribution in [1.82, 2.24) is 20.9 Å². The standard InChI is InChI=1S/C23H40N6O3.HI/c1-23(2,3)32-22(31)26-15-10-14-24-21(27-18-20(30)28(4)5)25-16-11-17-29(6)19-12-8-7-9-13-19;/h7-9,12-13H,10-11,14-18H2,1-6H3,(H,26,31)(H2,24,25,27);1H. The zero-order chi connectivity index (χ0) is 24.0. The number of rotatable bonds is 11. The lowest BCUT2D eigenvalue weighted by atomic mass is 10.2. The SMILES string of the molecule is CN(C)C(=O)CN=C(NCCCNC(=O)OC(C)(C)C)NCCCN(C)c1ccccc1.I. The van der Waals surface area contributed by atoms with Gasteiger partial charge in [0.1, 0.15) is 12.1 Å². The number of alkyl carbamates (subject to hydrolysis) is 1. The average Bonchev–Trinajstić information content (AvgIpc) is 2.72. The second kappa shape index (κ2) is 16.4. The lowest BCUT2D eigenvalue weighted by molar-refractivity contribution is -0.127. The fraction of sp³-hybridized carbons (Fsp3) is 0.609. The molecule has 0 aliphatic heterocycles. The quantitative estimate of drug-likeness (QED) is 0.162. The van der Waals surface area contributed by atoms with Crippen molar-refractivity contribution in [2.75, 3.05) is 58.8 Å². The number of hydrogen-bond donors (Lipinski definition) is 3. The number of likely N-dealkylation sites (N-methyl/N-ethyl adjacent to an activating group) is 1. The Bertz CT molecular complexity index is 723. The largest absolute Gasteiger partial charge is 0.444 e. The summed E-state index contributed by atoms with van der Waals surface area (Å²) in [7, 11) is 5.48. The molecule has 0 fully saturated rings. The van der Waals surface area contributed by atoms with Gasteiger partial charge in [-0.05, 0) is 45.7 Å². The molecule has 0 unspecified atom stereocenters. The first-order chi connectivity index (χ1) is 15.1.